The van der Waals surface area contributed by atoms with E-state index in [1.807, 2.05) is 12.2 Å². The molecule has 1 aromatic rings. The third kappa shape index (κ3) is 22.1. The number of furan rings is 1. The number of allylic oxidation sites excluding steroid dienone is 2. The number of phosphoric ester groups is 1. The minimum atomic E-state index is -4.46. The van der Waals surface area contributed by atoms with Crippen molar-refractivity contribution in [2.24, 2.45) is 17.6 Å². The number of hydrogen-bond acceptors (Lipinski definition) is 12. The Kier molecular flexibility index (Phi) is 27.0. The first-order valence-electron chi connectivity index (χ1n) is 22.3. The molecule has 1 aromatic heterocycles. The minimum Gasteiger partial charge on any atom is -0.466 e. The van der Waals surface area contributed by atoms with Crippen LogP contribution in [0.2, 0.25) is 0 Å². The van der Waals surface area contributed by atoms with E-state index in [-0.39, 0.29) is 56.6 Å². The molecule has 5 N–H and O–H groups in total. The first-order valence-corrected chi connectivity index (χ1v) is 23.8. The van der Waals surface area contributed by atoms with Crippen LogP contribution in [-0.4, -0.2) is 77.5 Å². The summed E-state index contributed by atoms with van der Waals surface area (Å²) in [5.41, 5.74) is 7.93. The number of carbonyl (C=O) groups excluding carboxylic acids is 3. The quantitative estimate of drug-likeness (QED) is 0.0222. The van der Waals surface area contributed by atoms with Crippen molar-refractivity contribution in [3.63, 3.8) is 0 Å². The molecular weight excluding hydrogens is 777 g/mol. The first-order chi connectivity index (χ1) is 28.3. The number of unbranched alkanes of at least 4 members (excludes halogenated alkanes) is 10. The van der Waals surface area contributed by atoms with E-state index in [0.717, 1.165) is 95.0 Å². The van der Waals surface area contributed by atoms with Crippen molar-refractivity contribution in [3.05, 3.63) is 47.0 Å². The van der Waals surface area contributed by atoms with Crippen LogP contribution in [0.3, 0.4) is 0 Å². The van der Waals surface area contributed by atoms with E-state index >= 15 is 0 Å². The number of carbonyl (C=O) groups is 3. The topological polar surface area (TPSA) is 205 Å². The van der Waals surface area contributed by atoms with Crippen LogP contribution in [-0.2, 0) is 50.3 Å². The predicted molar refractivity (Wildman–Crippen MR) is 229 cm³/mol. The molecule has 1 unspecified atom stereocenters. The van der Waals surface area contributed by atoms with Gasteiger partial charge in [0.25, 0.3) is 0 Å². The molecule has 0 aliphatic heterocycles. The fraction of sp³-hybridized carbons (Fsp3) is 0.756. The smallest absolute Gasteiger partial charge is 0.466 e. The largest absolute Gasteiger partial charge is 0.472 e. The molecule has 0 saturated heterocycles. The number of hydrogen-bond donors (Lipinski definition) is 4. The van der Waals surface area contributed by atoms with E-state index in [9.17, 15) is 34.1 Å². The lowest BCUT2D eigenvalue weighted by Gasteiger charge is -2.19. The summed E-state index contributed by atoms with van der Waals surface area (Å²) in [6.07, 6.45) is 21.4. The van der Waals surface area contributed by atoms with Gasteiger partial charge in [-0.25, -0.2) is 4.57 Å². The molecule has 0 amide bonds. The van der Waals surface area contributed by atoms with Crippen molar-refractivity contribution in [1.29, 1.82) is 0 Å². The summed E-state index contributed by atoms with van der Waals surface area (Å²) in [7, 11) is -4.46. The Bertz CT molecular complexity index is 1460. The average molecular weight is 854 g/mol. The van der Waals surface area contributed by atoms with Crippen molar-refractivity contribution in [2.45, 2.75) is 181 Å². The predicted octanol–water partition coefficient (Wildman–Crippen LogP) is 8.63. The van der Waals surface area contributed by atoms with Gasteiger partial charge in [0.1, 0.15) is 23.9 Å². The van der Waals surface area contributed by atoms with Crippen LogP contribution in [0, 0.1) is 25.7 Å². The summed E-state index contributed by atoms with van der Waals surface area (Å²) < 4.78 is 38.9. The van der Waals surface area contributed by atoms with Crippen LogP contribution >= 0.6 is 7.82 Å². The number of aliphatic hydroxyl groups is 2. The summed E-state index contributed by atoms with van der Waals surface area (Å²) in [5, 5.41) is 20.7. The van der Waals surface area contributed by atoms with Crippen LogP contribution in [0.25, 0.3) is 0 Å². The monoisotopic (exact) mass is 854 g/mol. The number of nitrogens with two attached hydrogens (primary N) is 1. The van der Waals surface area contributed by atoms with Crippen molar-refractivity contribution in [2.75, 3.05) is 26.4 Å². The number of ketones is 1. The van der Waals surface area contributed by atoms with Gasteiger partial charge in [0.05, 0.1) is 25.4 Å². The second kappa shape index (κ2) is 30.4. The van der Waals surface area contributed by atoms with Gasteiger partial charge in [-0.2, -0.15) is 0 Å². The molecule has 1 saturated carbocycles. The van der Waals surface area contributed by atoms with Crippen LogP contribution in [0.5, 0.6) is 0 Å². The molecule has 14 heteroatoms. The van der Waals surface area contributed by atoms with Crippen molar-refractivity contribution in [3.8, 4) is 0 Å². The van der Waals surface area contributed by atoms with Gasteiger partial charge in [-0.3, -0.25) is 23.4 Å². The molecule has 0 aromatic carbocycles. The SMILES string of the molecule is CCCCC[C@H](O)/C=C/[C@H]1[C@H](O)CC(=O)[C@@H]1C/C=C\CCCC(=O)OC[C@H](COP(=O)(O)OCCN)OC(=O)CCCCCCCCCCc1oc(CCC)c(C)c1C. The van der Waals surface area contributed by atoms with Gasteiger partial charge in [-0.15, -0.1) is 0 Å². The third-order valence-electron chi connectivity index (χ3n) is 10.9. The maximum Gasteiger partial charge on any atom is 0.472 e. The standard InChI is InChI=1S/C45H76NO12P/c1-5-7-16-22-36(47)27-28-39-38(40(48)31-41(39)49)23-17-14-15-19-25-44(50)54-32-37(33-56-59(52,53)55-30-29-46)57-45(51)26-20-13-11-9-8-10-12-18-24-43-35(4)34(3)42(58-43)21-6-2/h14,17,27-28,36-39,41,47,49H,5-13,15-16,18-26,29-33,46H2,1-4H3,(H,52,53)/b17-14-,28-27+/t36-,37+,38+,39+,41+/m0/s1. The average Bonchev–Trinajstić information content (AvgIpc) is 3.63. The molecule has 0 radical (unpaired) electrons. The maximum absolute atomic E-state index is 12.7. The second-order valence-electron chi connectivity index (χ2n) is 15.9. The lowest BCUT2D eigenvalue weighted by molar-refractivity contribution is -0.161. The zero-order chi connectivity index (χ0) is 43.5. The van der Waals surface area contributed by atoms with Crippen molar-refractivity contribution < 1.29 is 57.0 Å². The molecular formula is C45H76NO12P. The zero-order valence-electron chi connectivity index (χ0n) is 36.4. The summed E-state index contributed by atoms with van der Waals surface area (Å²) in [6.45, 7) is 7.50. The highest BCUT2D eigenvalue weighted by atomic mass is 31.2. The molecule has 6 atom stereocenters. The number of ether oxygens (including phenoxy) is 2. The van der Waals surface area contributed by atoms with E-state index in [1.165, 1.54) is 11.1 Å². The Hall–Kier alpha value is -2.64. The van der Waals surface area contributed by atoms with Gasteiger partial charge >= 0.3 is 19.8 Å². The van der Waals surface area contributed by atoms with Gasteiger partial charge in [-0.1, -0.05) is 95.9 Å². The van der Waals surface area contributed by atoms with Crippen LogP contribution < -0.4 is 5.73 Å². The lowest BCUT2D eigenvalue weighted by Crippen LogP contribution is -2.29. The lowest BCUT2D eigenvalue weighted by atomic mass is 9.90. The Labute approximate surface area is 353 Å². The van der Waals surface area contributed by atoms with Crippen molar-refractivity contribution in [1.82, 2.24) is 0 Å². The summed E-state index contributed by atoms with van der Waals surface area (Å²) in [4.78, 5) is 47.7. The van der Waals surface area contributed by atoms with Crippen LogP contribution in [0.1, 0.15) is 158 Å². The number of esters is 2. The molecule has 13 nitrogen and oxygen atoms in total. The number of rotatable bonds is 34. The first kappa shape index (κ1) is 52.5. The molecule has 0 bridgehead atoms. The number of aryl methyl sites for hydroxylation is 2. The fourth-order valence-electron chi connectivity index (χ4n) is 7.25. The molecule has 0 spiro atoms. The number of Topliss-reactive ketones (excluding diaryl/α,β-unsaturated/α-hetero) is 1. The Balaban J connectivity index is 1.70. The molecule has 338 valence electrons. The Morgan fingerprint density at radius 3 is 2.20 bits per heavy atom. The highest BCUT2D eigenvalue weighted by Gasteiger charge is 2.39. The van der Waals surface area contributed by atoms with Gasteiger partial charge in [-0.05, 0) is 69.9 Å². The van der Waals surface area contributed by atoms with Gasteiger partial charge in [0, 0.05) is 50.5 Å². The van der Waals surface area contributed by atoms with E-state index < -0.39 is 44.7 Å². The van der Waals surface area contributed by atoms with Gasteiger partial charge in [0.2, 0.25) is 0 Å². The zero-order valence-corrected chi connectivity index (χ0v) is 37.3. The highest BCUT2D eigenvalue weighted by Crippen LogP contribution is 2.43. The van der Waals surface area contributed by atoms with Gasteiger partial charge < -0.3 is 34.7 Å². The summed E-state index contributed by atoms with van der Waals surface area (Å²) >= 11 is 0. The van der Waals surface area contributed by atoms with Crippen LogP contribution in [0.4, 0.5) is 0 Å². The summed E-state index contributed by atoms with van der Waals surface area (Å²) in [5.74, 6) is 0.481. The molecule has 1 fully saturated rings. The number of phosphoric acid groups is 1. The summed E-state index contributed by atoms with van der Waals surface area (Å²) in [6, 6.07) is 0. The van der Waals surface area contributed by atoms with Gasteiger partial charge in [0.15, 0.2) is 6.10 Å². The second-order valence-corrected chi connectivity index (χ2v) is 17.4. The molecule has 1 heterocycles. The molecule has 2 rings (SSSR count). The number of aliphatic hydroxyl groups excluding tert-OH is 2. The van der Waals surface area contributed by atoms with E-state index in [2.05, 4.69) is 27.7 Å². The highest BCUT2D eigenvalue weighted by molar-refractivity contribution is 7.47. The normalized spacial score (nSPS) is 19.1. The molecule has 59 heavy (non-hydrogen) atoms. The Morgan fingerprint density at radius 2 is 1.53 bits per heavy atom. The minimum absolute atomic E-state index is 0.00603. The molecule has 1 aliphatic rings. The van der Waals surface area contributed by atoms with E-state index in [4.69, 9.17) is 28.7 Å². The van der Waals surface area contributed by atoms with E-state index in [1.54, 1.807) is 12.2 Å². The molecule has 1 aliphatic carbocycles. The van der Waals surface area contributed by atoms with Crippen LogP contribution in [0.15, 0.2) is 28.7 Å². The third-order valence-corrected chi connectivity index (χ3v) is 11.9. The Morgan fingerprint density at radius 1 is 0.864 bits per heavy atom. The van der Waals surface area contributed by atoms with Crippen molar-refractivity contribution >= 4 is 25.5 Å². The van der Waals surface area contributed by atoms with E-state index in [0.29, 0.717) is 32.1 Å². The maximum atomic E-state index is 12.7. The fourth-order valence-corrected chi connectivity index (χ4v) is 8.02.